The van der Waals surface area contributed by atoms with Crippen LogP contribution in [0.4, 0.5) is 0 Å². The third-order valence-corrected chi connectivity index (χ3v) is 5.14. The van der Waals surface area contributed by atoms with Gasteiger partial charge >= 0.3 is 0 Å². The number of carbonyl (C=O) groups is 1. The van der Waals surface area contributed by atoms with Crippen LogP contribution in [0.15, 0.2) is 0 Å². The molecule has 122 valence electrons. The zero-order chi connectivity index (χ0) is 15.6. The summed E-state index contributed by atoms with van der Waals surface area (Å²) in [7, 11) is 0. The number of rotatable bonds is 2. The van der Waals surface area contributed by atoms with E-state index in [0.29, 0.717) is 18.5 Å². The number of nitrogens with zero attached hydrogens (tertiary/aromatic N) is 1. The molecule has 1 N–H and O–H groups in total. The van der Waals surface area contributed by atoms with E-state index in [-0.39, 0.29) is 30.6 Å². The first kappa shape index (κ1) is 16.8. The standard InChI is InChI=1S/C17H31NO3/c1-12-9-18(10-15(11-19)21-12)16(20)13-5-7-14(8-6-13)17(2,3)4/h12-15,19H,5-11H2,1-4H3. The summed E-state index contributed by atoms with van der Waals surface area (Å²) < 4.78 is 5.62. The Bertz CT molecular complexity index is 356. The summed E-state index contributed by atoms with van der Waals surface area (Å²) in [6, 6.07) is 0. The molecule has 0 radical (unpaired) electrons. The third-order valence-electron chi connectivity index (χ3n) is 5.14. The summed E-state index contributed by atoms with van der Waals surface area (Å²) >= 11 is 0. The molecule has 2 aliphatic rings. The number of hydrogen-bond donors (Lipinski definition) is 1. The van der Waals surface area contributed by atoms with Gasteiger partial charge in [0.1, 0.15) is 0 Å². The van der Waals surface area contributed by atoms with Gasteiger partial charge in [0.05, 0.1) is 18.8 Å². The van der Waals surface area contributed by atoms with Gasteiger partial charge in [0.2, 0.25) is 5.91 Å². The molecule has 4 heteroatoms. The van der Waals surface area contributed by atoms with Crippen molar-refractivity contribution in [2.24, 2.45) is 17.3 Å². The van der Waals surface area contributed by atoms with Crippen molar-refractivity contribution < 1.29 is 14.6 Å². The van der Waals surface area contributed by atoms with Crippen LogP contribution >= 0.6 is 0 Å². The van der Waals surface area contributed by atoms with E-state index in [2.05, 4.69) is 20.8 Å². The van der Waals surface area contributed by atoms with Gasteiger partial charge in [-0.3, -0.25) is 4.79 Å². The first-order valence-corrected chi connectivity index (χ1v) is 8.36. The maximum atomic E-state index is 12.7. The molecule has 0 aromatic carbocycles. The fourth-order valence-electron chi connectivity index (χ4n) is 3.79. The highest BCUT2D eigenvalue weighted by molar-refractivity contribution is 5.79. The van der Waals surface area contributed by atoms with Gasteiger partial charge in [0.15, 0.2) is 0 Å². The molecular formula is C17H31NO3. The van der Waals surface area contributed by atoms with Gasteiger partial charge < -0.3 is 14.7 Å². The van der Waals surface area contributed by atoms with Gasteiger partial charge in [-0.15, -0.1) is 0 Å². The van der Waals surface area contributed by atoms with Crippen LogP contribution in [0.2, 0.25) is 0 Å². The van der Waals surface area contributed by atoms with Crippen LogP contribution < -0.4 is 0 Å². The summed E-state index contributed by atoms with van der Waals surface area (Å²) in [4.78, 5) is 14.6. The van der Waals surface area contributed by atoms with Crippen LogP contribution in [0.5, 0.6) is 0 Å². The van der Waals surface area contributed by atoms with E-state index >= 15 is 0 Å². The fraction of sp³-hybridized carbons (Fsp3) is 0.941. The monoisotopic (exact) mass is 297 g/mol. The van der Waals surface area contributed by atoms with Gasteiger partial charge in [-0.1, -0.05) is 20.8 Å². The van der Waals surface area contributed by atoms with E-state index in [1.165, 1.54) is 0 Å². The van der Waals surface area contributed by atoms with Crippen molar-refractivity contribution in [1.29, 1.82) is 0 Å². The smallest absolute Gasteiger partial charge is 0.225 e. The third kappa shape index (κ3) is 4.19. The Hall–Kier alpha value is -0.610. The average Bonchev–Trinajstić information content (AvgIpc) is 2.45. The topological polar surface area (TPSA) is 49.8 Å². The van der Waals surface area contributed by atoms with Gasteiger partial charge in [-0.2, -0.15) is 0 Å². The highest BCUT2D eigenvalue weighted by Gasteiger charge is 2.36. The molecule has 2 atom stereocenters. The summed E-state index contributed by atoms with van der Waals surface area (Å²) in [5.74, 6) is 1.18. The van der Waals surface area contributed by atoms with E-state index in [1.54, 1.807) is 0 Å². The Morgan fingerprint density at radius 1 is 1.19 bits per heavy atom. The molecule has 4 nitrogen and oxygen atoms in total. The van der Waals surface area contributed by atoms with Gasteiger partial charge in [-0.05, 0) is 43.9 Å². The Balaban J connectivity index is 1.89. The quantitative estimate of drug-likeness (QED) is 0.852. The van der Waals surface area contributed by atoms with Crippen LogP contribution in [0, 0.1) is 17.3 Å². The number of aliphatic hydroxyl groups excluding tert-OH is 1. The van der Waals surface area contributed by atoms with Crippen molar-refractivity contribution >= 4 is 5.91 Å². The van der Waals surface area contributed by atoms with Crippen molar-refractivity contribution in [3.05, 3.63) is 0 Å². The number of amides is 1. The lowest BCUT2D eigenvalue weighted by Crippen LogP contribution is -2.52. The second-order valence-electron chi connectivity index (χ2n) is 7.91. The number of carbonyl (C=O) groups excluding carboxylic acids is 1. The van der Waals surface area contributed by atoms with Crippen LogP contribution in [0.1, 0.15) is 53.4 Å². The largest absolute Gasteiger partial charge is 0.394 e. The van der Waals surface area contributed by atoms with E-state index in [9.17, 15) is 9.90 Å². The first-order chi connectivity index (χ1) is 9.81. The Labute approximate surface area is 128 Å². The van der Waals surface area contributed by atoms with E-state index < -0.39 is 0 Å². The summed E-state index contributed by atoms with van der Waals surface area (Å²) in [6.45, 7) is 10.1. The van der Waals surface area contributed by atoms with Gasteiger partial charge in [0, 0.05) is 19.0 Å². The maximum Gasteiger partial charge on any atom is 0.225 e. The summed E-state index contributed by atoms with van der Waals surface area (Å²) in [6.07, 6.45) is 4.13. The maximum absolute atomic E-state index is 12.7. The van der Waals surface area contributed by atoms with Crippen LogP contribution in [-0.2, 0) is 9.53 Å². The molecule has 1 saturated carbocycles. The first-order valence-electron chi connectivity index (χ1n) is 8.36. The molecule has 1 heterocycles. The minimum Gasteiger partial charge on any atom is -0.394 e. The van der Waals surface area contributed by atoms with Crippen LogP contribution in [0.25, 0.3) is 0 Å². The molecule has 0 aromatic heterocycles. The van der Waals surface area contributed by atoms with Crippen LogP contribution in [-0.4, -0.2) is 47.8 Å². The molecule has 2 fully saturated rings. The van der Waals surface area contributed by atoms with Crippen molar-refractivity contribution in [1.82, 2.24) is 4.90 Å². The predicted octanol–water partition coefficient (Wildman–Crippen LogP) is 2.45. The summed E-state index contributed by atoms with van der Waals surface area (Å²) in [5, 5.41) is 9.28. The number of aliphatic hydroxyl groups is 1. The lowest BCUT2D eigenvalue weighted by atomic mass is 9.69. The Kier molecular flexibility index (Phi) is 5.31. The minimum atomic E-state index is -0.219. The zero-order valence-electron chi connectivity index (χ0n) is 14.0. The lowest BCUT2D eigenvalue weighted by molar-refractivity contribution is -0.152. The van der Waals surface area contributed by atoms with Gasteiger partial charge in [0.25, 0.3) is 0 Å². The normalized spacial score (nSPS) is 34.8. The zero-order valence-corrected chi connectivity index (χ0v) is 14.0. The van der Waals surface area contributed by atoms with E-state index in [0.717, 1.165) is 31.6 Å². The van der Waals surface area contributed by atoms with Gasteiger partial charge in [-0.25, -0.2) is 0 Å². The molecule has 0 bridgehead atoms. The second-order valence-corrected chi connectivity index (χ2v) is 7.91. The van der Waals surface area contributed by atoms with Crippen LogP contribution in [0.3, 0.4) is 0 Å². The number of hydrogen-bond acceptors (Lipinski definition) is 3. The molecule has 2 rings (SSSR count). The lowest BCUT2D eigenvalue weighted by Gasteiger charge is -2.41. The SMILES string of the molecule is CC1CN(C(=O)C2CCC(C(C)(C)C)CC2)CC(CO)O1. The van der Waals surface area contributed by atoms with E-state index in [4.69, 9.17) is 4.74 Å². The number of morpholine rings is 1. The molecule has 1 saturated heterocycles. The molecule has 2 unspecified atom stereocenters. The Morgan fingerprint density at radius 2 is 1.81 bits per heavy atom. The fourth-order valence-corrected chi connectivity index (χ4v) is 3.79. The van der Waals surface area contributed by atoms with Crippen molar-refractivity contribution in [3.8, 4) is 0 Å². The molecule has 1 amide bonds. The van der Waals surface area contributed by atoms with Crippen molar-refractivity contribution in [2.75, 3.05) is 19.7 Å². The highest BCUT2D eigenvalue weighted by Crippen LogP contribution is 2.40. The predicted molar refractivity (Wildman–Crippen MR) is 82.9 cm³/mol. The molecule has 0 aromatic rings. The summed E-state index contributed by atoms with van der Waals surface area (Å²) in [5.41, 5.74) is 0.351. The molecule has 21 heavy (non-hydrogen) atoms. The average molecular weight is 297 g/mol. The number of ether oxygens (including phenoxy) is 1. The highest BCUT2D eigenvalue weighted by atomic mass is 16.5. The van der Waals surface area contributed by atoms with Crippen molar-refractivity contribution in [3.63, 3.8) is 0 Å². The molecule has 0 spiro atoms. The second kappa shape index (κ2) is 6.66. The minimum absolute atomic E-state index is 0.00904. The van der Waals surface area contributed by atoms with E-state index in [1.807, 2.05) is 11.8 Å². The van der Waals surface area contributed by atoms with Crippen molar-refractivity contribution in [2.45, 2.75) is 65.6 Å². The molecular weight excluding hydrogens is 266 g/mol. The Morgan fingerprint density at radius 3 is 2.33 bits per heavy atom. The molecule has 1 aliphatic carbocycles. The molecule has 1 aliphatic heterocycles.